The number of aryl methyl sites for hydroxylation is 1. The maximum Gasteiger partial charge on any atom is 0.211 e. The fourth-order valence-electron chi connectivity index (χ4n) is 11.4. The van der Waals surface area contributed by atoms with E-state index >= 15 is 0 Å². The van der Waals surface area contributed by atoms with Crippen molar-refractivity contribution in [3.05, 3.63) is 168 Å². The summed E-state index contributed by atoms with van der Waals surface area (Å²) in [5.74, 6) is 0. The zero-order valence-electron chi connectivity index (χ0n) is 35.9. The van der Waals surface area contributed by atoms with Crippen molar-refractivity contribution in [3.63, 3.8) is 0 Å². The summed E-state index contributed by atoms with van der Waals surface area (Å²) in [5, 5.41) is 13.0. The molecule has 1 aliphatic carbocycles. The largest absolute Gasteiger partial charge is 0.355 e. The third kappa shape index (κ3) is 5.00. The van der Waals surface area contributed by atoms with E-state index < -0.39 is 0 Å². The van der Waals surface area contributed by atoms with Crippen molar-refractivity contribution in [2.45, 2.75) is 58.3 Å². The molecule has 1 N–H and O–H groups in total. The van der Waals surface area contributed by atoms with E-state index in [2.05, 4.69) is 201 Å². The van der Waals surface area contributed by atoms with Crippen molar-refractivity contribution >= 4 is 105 Å². The van der Waals surface area contributed by atoms with Crippen LogP contribution in [0.1, 0.15) is 57.2 Å². The average Bonchev–Trinajstić information content (AvgIpc) is 3.94. The lowest BCUT2D eigenvalue weighted by molar-refractivity contribution is 0.332. The molecule has 0 amide bonds. The topological polar surface area (TPSA) is 21.9 Å². The molecule has 62 heavy (non-hydrogen) atoms. The number of hydrogen-bond acceptors (Lipinski definition) is 2. The van der Waals surface area contributed by atoms with Crippen molar-refractivity contribution in [2.24, 2.45) is 0 Å². The molecular formula is C57H46BN3S. The number of nitrogens with zero attached hydrogens (tertiary/aromatic N) is 2. The van der Waals surface area contributed by atoms with E-state index in [9.17, 15) is 0 Å². The van der Waals surface area contributed by atoms with Gasteiger partial charge in [-0.05, 0) is 123 Å². The number of aromatic nitrogens is 2. The summed E-state index contributed by atoms with van der Waals surface area (Å²) in [6, 6.07) is 57.2. The number of hydrogen-bond donors (Lipinski definition) is 1. The fraction of sp³-hybridized carbons (Fsp3) is 0.158. The minimum Gasteiger partial charge on any atom is -0.355 e. The molecule has 0 atom stereocenters. The summed E-state index contributed by atoms with van der Waals surface area (Å²) in [7, 11) is 0.860. The molecule has 0 radical (unpaired) electrons. The lowest BCUT2D eigenvalue weighted by Gasteiger charge is -2.42. The summed E-state index contributed by atoms with van der Waals surface area (Å²) >= 11 is 2.01. The second-order valence-electron chi connectivity index (χ2n) is 19.3. The molecule has 0 saturated heterocycles. The maximum absolute atomic E-state index is 3.87. The number of thiophene rings is 1. The van der Waals surface area contributed by atoms with Gasteiger partial charge in [0.05, 0.1) is 33.4 Å². The minimum absolute atomic E-state index is 0.107. The minimum atomic E-state index is 0.107. The van der Waals surface area contributed by atoms with Gasteiger partial charge >= 0.3 is 0 Å². The second-order valence-corrected chi connectivity index (χ2v) is 20.4. The van der Waals surface area contributed by atoms with Crippen LogP contribution in [0, 0.1) is 6.92 Å². The Hall–Kier alpha value is -6.56. The number of benzene rings is 8. The monoisotopic (exact) mass is 815 g/mol. The molecule has 0 saturated carbocycles. The van der Waals surface area contributed by atoms with Gasteiger partial charge in [-0.2, -0.15) is 0 Å². The molecule has 5 heteroatoms. The zero-order valence-corrected chi connectivity index (χ0v) is 36.7. The highest BCUT2D eigenvalue weighted by Crippen LogP contribution is 2.51. The Morgan fingerprint density at radius 2 is 1.21 bits per heavy atom. The summed E-state index contributed by atoms with van der Waals surface area (Å²) in [6.07, 6.45) is 2.40. The first kappa shape index (κ1) is 36.1. The molecule has 13 rings (SSSR count). The first-order valence-corrected chi connectivity index (χ1v) is 23.0. The van der Waals surface area contributed by atoms with E-state index in [-0.39, 0.29) is 10.8 Å². The Balaban J connectivity index is 1.23. The van der Waals surface area contributed by atoms with Crippen molar-refractivity contribution in [2.75, 3.05) is 5.32 Å². The van der Waals surface area contributed by atoms with Gasteiger partial charge < -0.3 is 14.5 Å². The highest BCUT2D eigenvalue weighted by Gasteiger charge is 2.39. The maximum atomic E-state index is 3.87. The zero-order chi connectivity index (χ0) is 41.6. The third-order valence-corrected chi connectivity index (χ3v) is 15.8. The van der Waals surface area contributed by atoms with E-state index in [0.29, 0.717) is 0 Å². The van der Waals surface area contributed by atoms with Gasteiger partial charge in [-0.3, -0.25) is 0 Å². The van der Waals surface area contributed by atoms with Crippen LogP contribution < -0.4 is 15.6 Å². The molecule has 0 spiro atoms. The van der Waals surface area contributed by atoms with Gasteiger partial charge in [-0.15, -0.1) is 11.3 Å². The van der Waals surface area contributed by atoms with Gasteiger partial charge in [0.15, 0.2) is 0 Å². The van der Waals surface area contributed by atoms with Crippen LogP contribution in [0.3, 0.4) is 0 Å². The quantitative estimate of drug-likeness (QED) is 0.176. The van der Waals surface area contributed by atoms with Gasteiger partial charge in [0.2, 0.25) is 7.28 Å². The van der Waals surface area contributed by atoms with Gasteiger partial charge in [-0.25, -0.2) is 0 Å². The summed E-state index contributed by atoms with van der Waals surface area (Å²) in [6.45, 7) is 12.0. The second kappa shape index (κ2) is 12.7. The molecule has 0 fully saturated rings. The average molecular weight is 816 g/mol. The van der Waals surface area contributed by atoms with E-state index in [1.54, 1.807) is 0 Å². The van der Waals surface area contributed by atoms with Crippen molar-refractivity contribution < 1.29 is 0 Å². The predicted octanol–water partition coefficient (Wildman–Crippen LogP) is 14.0. The number of fused-ring (bicyclic) bond motifs is 13. The lowest BCUT2D eigenvalue weighted by Crippen LogP contribution is -2.35. The molecule has 11 aromatic rings. The van der Waals surface area contributed by atoms with Crippen LogP contribution in [-0.4, -0.2) is 16.4 Å². The molecular weight excluding hydrogens is 770 g/mol. The lowest BCUT2D eigenvalue weighted by atomic mass is 9.62. The smallest absolute Gasteiger partial charge is 0.211 e. The normalized spacial score (nSPS) is 15.1. The number of nitrogens with one attached hydrogen (secondary N) is 1. The van der Waals surface area contributed by atoms with Crippen LogP contribution in [0.5, 0.6) is 0 Å². The third-order valence-electron chi connectivity index (χ3n) is 14.6. The summed E-state index contributed by atoms with van der Waals surface area (Å²) in [5.41, 5.74) is 18.2. The predicted molar refractivity (Wildman–Crippen MR) is 270 cm³/mol. The summed E-state index contributed by atoms with van der Waals surface area (Å²) in [4.78, 5) is 0. The van der Waals surface area contributed by atoms with E-state index in [1.807, 2.05) is 11.3 Å². The molecule has 0 unspecified atom stereocenters. The first-order valence-electron chi connectivity index (χ1n) is 22.2. The molecule has 298 valence electrons. The highest BCUT2D eigenvalue weighted by atomic mass is 32.1. The SMILES string of the molecule is Cc1ccc(Nc2ccccc2-c2cc(-n3c4ccccc4c4ccccc43)c3c4c5ccccc5ccc4n4c3c2Bc2sc3cc5c(cc3c2-4)C(C)(C)CCC5(C)C)cc1. The van der Waals surface area contributed by atoms with Crippen LogP contribution in [0.4, 0.5) is 11.4 Å². The summed E-state index contributed by atoms with van der Waals surface area (Å²) < 4.78 is 8.10. The van der Waals surface area contributed by atoms with Crippen LogP contribution in [0.15, 0.2) is 152 Å². The van der Waals surface area contributed by atoms with Gasteiger partial charge in [0, 0.05) is 48.6 Å². The van der Waals surface area contributed by atoms with Crippen molar-refractivity contribution in [3.8, 4) is 22.5 Å². The Morgan fingerprint density at radius 1 is 0.565 bits per heavy atom. The van der Waals surface area contributed by atoms with E-state index in [0.717, 1.165) is 18.7 Å². The molecule has 3 nitrogen and oxygen atoms in total. The standard InChI is InChI=1S/C57H46BN3S/c1-33-22-25-35(26-23-33)59-44-19-11-8-16-37(44)40-31-48(60-45-20-12-9-17-38(45)39-18-10-13-21-46(39)60)51-50-36-15-7-6-14-34(36)24-27-47(50)61-53-41-30-42-43(57(4,5)29-28-56(42,2)3)32-49(41)62-55(53)58-52(40)54(51)61/h6-27,30-32,58-59H,28-29H2,1-5H3. The van der Waals surface area contributed by atoms with Gasteiger partial charge in [0.1, 0.15) is 0 Å². The number of para-hydroxylation sites is 3. The highest BCUT2D eigenvalue weighted by molar-refractivity contribution is 7.29. The molecule has 2 aliphatic rings. The first-order chi connectivity index (χ1) is 30.1. The van der Waals surface area contributed by atoms with Crippen molar-refractivity contribution in [1.29, 1.82) is 0 Å². The van der Waals surface area contributed by atoms with Gasteiger partial charge in [0.25, 0.3) is 0 Å². The number of anilines is 2. The Labute approximate surface area is 366 Å². The Morgan fingerprint density at radius 3 is 1.95 bits per heavy atom. The Bertz CT molecular complexity index is 3650. The van der Waals surface area contributed by atoms with E-state index in [4.69, 9.17) is 0 Å². The van der Waals surface area contributed by atoms with E-state index in [1.165, 1.54) is 127 Å². The molecule has 1 aliphatic heterocycles. The fourth-order valence-corrected chi connectivity index (χ4v) is 12.6. The number of rotatable bonds is 4. The van der Waals surface area contributed by atoms with Crippen LogP contribution >= 0.6 is 11.3 Å². The Kier molecular flexibility index (Phi) is 7.43. The van der Waals surface area contributed by atoms with Crippen LogP contribution in [0.25, 0.3) is 87.0 Å². The molecule has 4 heterocycles. The van der Waals surface area contributed by atoms with Gasteiger partial charge in [-0.1, -0.05) is 130 Å². The van der Waals surface area contributed by atoms with Crippen molar-refractivity contribution in [1.82, 2.24) is 9.13 Å². The molecule has 0 bridgehead atoms. The molecule has 3 aromatic heterocycles. The van der Waals surface area contributed by atoms with Crippen LogP contribution in [-0.2, 0) is 10.8 Å². The molecule has 8 aromatic carbocycles. The van der Waals surface area contributed by atoms with Crippen LogP contribution in [0.2, 0.25) is 0 Å².